The molecular weight excluding hydrogens is 432 g/mol. The van der Waals surface area contributed by atoms with Gasteiger partial charge in [0.25, 0.3) is 5.91 Å². The van der Waals surface area contributed by atoms with Crippen LogP contribution in [-0.4, -0.2) is 26.8 Å². The summed E-state index contributed by atoms with van der Waals surface area (Å²) in [4.78, 5) is 24.0. The number of amides is 2. The Balaban J connectivity index is 1.53. The molecule has 3 N–H and O–H groups in total. The number of anilines is 1. The fourth-order valence-electron chi connectivity index (χ4n) is 2.49. The van der Waals surface area contributed by atoms with Crippen LogP contribution in [0.5, 0.6) is 0 Å². The van der Waals surface area contributed by atoms with Gasteiger partial charge in [-0.05, 0) is 48.5 Å². The summed E-state index contributed by atoms with van der Waals surface area (Å²) < 4.78 is 58.1. The van der Waals surface area contributed by atoms with Gasteiger partial charge >= 0.3 is 0 Å². The van der Waals surface area contributed by atoms with Crippen LogP contribution in [0.25, 0.3) is 0 Å². The van der Waals surface area contributed by atoms with Crippen LogP contribution >= 0.6 is 0 Å². The zero-order chi connectivity index (χ0) is 22.4. The second kappa shape index (κ2) is 9.49. The van der Waals surface area contributed by atoms with E-state index in [0.717, 1.165) is 12.1 Å². The predicted octanol–water partition coefficient (Wildman–Crippen LogP) is 2.40. The zero-order valence-electron chi connectivity index (χ0n) is 15.9. The van der Waals surface area contributed by atoms with Crippen molar-refractivity contribution in [2.45, 2.75) is 11.4 Å². The van der Waals surface area contributed by atoms with Crippen LogP contribution in [-0.2, 0) is 21.4 Å². The molecule has 0 saturated heterocycles. The van der Waals surface area contributed by atoms with Crippen LogP contribution in [0, 0.1) is 11.6 Å². The summed E-state index contributed by atoms with van der Waals surface area (Å²) >= 11 is 0. The summed E-state index contributed by atoms with van der Waals surface area (Å²) in [6.45, 7) is -0.451. The lowest BCUT2D eigenvalue weighted by Crippen LogP contribution is -2.33. The van der Waals surface area contributed by atoms with Crippen molar-refractivity contribution in [3.63, 3.8) is 0 Å². The Kier molecular flexibility index (Phi) is 6.78. The Hall–Kier alpha value is -3.57. The lowest BCUT2D eigenvalue weighted by Gasteiger charge is -2.09. The van der Waals surface area contributed by atoms with E-state index in [4.69, 9.17) is 4.42 Å². The van der Waals surface area contributed by atoms with E-state index in [-0.39, 0.29) is 22.7 Å². The molecule has 0 bridgehead atoms. The highest BCUT2D eigenvalue weighted by Gasteiger charge is 2.16. The van der Waals surface area contributed by atoms with E-state index in [1.807, 2.05) is 0 Å². The van der Waals surface area contributed by atoms with Crippen molar-refractivity contribution in [3.05, 3.63) is 83.8 Å². The molecule has 2 aromatic carbocycles. The first-order valence-corrected chi connectivity index (χ1v) is 10.4. The molecule has 0 fully saturated rings. The van der Waals surface area contributed by atoms with Crippen LogP contribution in [0.15, 0.2) is 70.2 Å². The van der Waals surface area contributed by atoms with Crippen LogP contribution in [0.2, 0.25) is 0 Å². The molecule has 3 aromatic rings. The van der Waals surface area contributed by atoms with Crippen LogP contribution < -0.4 is 15.4 Å². The Morgan fingerprint density at radius 3 is 2.35 bits per heavy atom. The minimum atomic E-state index is -3.81. The SMILES string of the molecule is O=C(CNC(=O)c1ccc(S(=O)(=O)NCc2ccco2)cc1)Nc1ccc(F)c(F)c1. The van der Waals surface area contributed by atoms with E-state index in [2.05, 4.69) is 15.4 Å². The van der Waals surface area contributed by atoms with Crippen LogP contribution in [0.4, 0.5) is 14.5 Å². The molecule has 0 aliphatic heterocycles. The van der Waals surface area contributed by atoms with E-state index in [9.17, 15) is 26.8 Å². The van der Waals surface area contributed by atoms with Crippen molar-refractivity contribution in [1.29, 1.82) is 0 Å². The quantitative estimate of drug-likeness (QED) is 0.488. The second-order valence-corrected chi connectivity index (χ2v) is 8.05. The highest BCUT2D eigenvalue weighted by molar-refractivity contribution is 7.89. The molecule has 0 spiro atoms. The number of nitrogens with one attached hydrogen (secondary N) is 3. The average molecular weight is 449 g/mol. The standard InChI is InChI=1S/C20H17F2N3O5S/c21-17-8-5-14(10-18(17)22)25-19(26)12-23-20(27)13-3-6-16(7-4-13)31(28,29)24-11-15-2-1-9-30-15/h1-10,24H,11-12H2,(H,23,27)(H,25,26). The van der Waals surface area contributed by atoms with Crippen molar-refractivity contribution < 1.29 is 31.2 Å². The van der Waals surface area contributed by atoms with Crippen LogP contribution in [0.3, 0.4) is 0 Å². The van der Waals surface area contributed by atoms with Gasteiger partial charge in [0.1, 0.15) is 5.76 Å². The van der Waals surface area contributed by atoms with E-state index < -0.39 is 40.0 Å². The van der Waals surface area contributed by atoms with Gasteiger partial charge < -0.3 is 15.1 Å². The third-order valence-corrected chi connectivity index (χ3v) is 5.47. The maximum Gasteiger partial charge on any atom is 0.251 e. The number of carbonyl (C=O) groups is 2. The van der Waals surface area contributed by atoms with E-state index >= 15 is 0 Å². The molecule has 1 aromatic heterocycles. The molecule has 0 unspecified atom stereocenters. The predicted molar refractivity (Wildman–Crippen MR) is 106 cm³/mol. The van der Waals surface area contributed by atoms with Crippen molar-refractivity contribution in [2.24, 2.45) is 0 Å². The Morgan fingerprint density at radius 2 is 1.71 bits per heavy atom. The smallest absolute Gasteiger partial charge is 0.251 e. The molecular formula is C20H17F2N3O5S. The molecule has 162 valence electrons. The number of furan rings is 1. The van der Waals surface area contributed by atoms with E-state index in [1.54, 1.807) is 12.1 Å². The van der Waals surface area contributed by atoms with Gasteiger partial charge in [0.2, 0.25) is 15.9 Å². The molecule has 0 aliphatic carbocycles. The maximum absolute atomic E-state index is 13.2. The third kappa shape index (κ3) is 5.96. The topological polar surface area (TPSA) is 118 Å². The molecule has 2 amide bonds. The first-order chi connectivity index (χ1) is 14.7. The van der Waals surface area contributed by atoms with Gasteiger partial charge in [0, 0.05) is 17.3 Å². The summed E-state index contributed by atoms with van der Waals surface area (Å²) in [6, 6.07) is 11.2. The molecule has 8 nitrogen and oxygen atoms in total. The summed E-state index contributed by atoms with van der Waals surface area (Å²) in [7, 11) is -3.81. The summed E-state index contributed by atoms with van der Waals surface area (Å²) in [5.74, 6) is -2.99. The average Bonchev–Trinajstić information content (AvgIpc) is 3.27. The maximum atomic E-state index is 13.2. The minimum absolute atomic E-state index is 0.0232. The number of sulfonamides is 1. The lowest BCUT2D eigenvalue weighted by molar-refractivity contribution is -0.115. The fraction of sp³-hybridized carbons (Fsp3) is 0.100. The van der Waals surface area contributed by atoms with E-state index in [0.29, 0.717) is 5.76 Å². The van der Waals surface area contributed by atoms with E-state index in [1.165, 1.54) is 36.6 Å². The molecule has 31 heavy (non-hydrogen) atoms. The largest absolute Gasteiger partial charge is 0.468 e. The summed E-state index contributed by atoms with van der Waals surface area (Å²) in [6.07, 6.45) is 1.43. The summed E-state index contributed by atoms with van der Waals surface area (Å²) in [5, 5.41) is 4.67. The van der Waals surface area contributed by atoms with Gasteiger partial charge in [-0.3, -0.25) is 9.59 Å². The molecule has 0 aliphatic rings. The number of benzene rings is 2. The number of hydrogen-bond acceptors (Lipinski definition) is 5. The normalized spacial score (nSPS) is 11.2. The van der Waals surface area contributed by atoms with Gasteiger partial charge in [-0.15, -0.1) is 0 Å². The first-order valence-electron chi connectivity index (χ1n) is 8.90. The number of rotatable bonds is 8. The van der Waals surface area contributed by atoms with Crippen LogP contribution in [0.1, 0.15) is 16.1 Å². The van der Waals surface area contributed by atoms with Gasteiger partial charge in [-0.2, -0.15) is 0 Å². The highest BCUT2D eigenvalue weighted by atomic mass is 32.2. The van der Waals surface area contributed by atoms with Crippen molar-refractivity contribution in [2.75, 3.05) is 11.9 Å². The van der Waals surface area contributed by atoms with Crippen molar-refractivity contribution in [1.82, 2.24) is 10.0 Å². The van der Waals surface area contributed by atoms with Crippen molar-refractivity contribution in [3.8, 4) is 0 Å². The lowest BCUT2D eigenvalue weighted by atomic mass is 10.2. The van der Waals surface area contributed by atoms with Gasteiger partial charge in [-0.1, -0.05) is 0 Å². The molecule has 3 rings (SSSR count). The third-order valence-electron chi connectivity index (χ3n) is 4.06. The Morgan fingerprint density at radius 1 is 0.968 bits per heavy atom. The minimum Gasteiger partial charge on any atom is -0.468 e. The highest BCUT2D eigenvalue weighted by Crippen LogP contribution is 2.13. The molecule has 1 heterocycles. The van der Waals surface area contributed by atoms with Gasteiger partial charge in [0.15, 0.2) is 11.6 Å². The van der Waals surface area contributed by atoms with Gasteiger partial charge in [-0.25, -0.2) is 21.9 Å². The summed E-state index contributed by atoms with van der Waals surface area (Å²) in [5.41, 5.74) is 0.167. The molecule has 0 saturated carbocycles. The fourth-order valence-corrected chi connectivity index (χ4v) is 3.48. The monoisotopic (exact) mass is 449 g/mol. The molecule has 0 atom stereocenters. The Bertz CT molecular complexity index is 1180. The first kappa shape index (κ1) is 22.1. The van der Waals surface area contributed by atoms with Crippen molar-refractivity contribution >= 4 is 27.5 Å². The molecule has 11 heteroatoms. The number of carbonyl (C=O) groups excluding carboxylic acids is 2. The van der Waals surface area contributed by atoms with Gasteiger partial charge in [0.05, 0.1) is 24.2 Å². The number of hydrogen-bond donors (Lipinski definition) is 3. The zero-order valence-corrected chi connectivity index (χ0v) is 16.7. The second-order valence-electron chi connectivity index (χ2n) is 6.29. The molecule has 0 radical (unpaired) electrons. The number of halogens is 2. The Labute approximate surface area is 176 Å².